The Morgan fingerprint density at radius 1 is 1.30 bits per heavy atom. The molecule has 0 radical (unpaired) electrons. The van der Waals surface area contributed by atoms with Crippen molar-refractivity contribution in [2.75, 3.05) is 5.73 Å². The number of aromatic hydroxyl groups is 1. The minimum absolute atomic E-state index is 0.0604. The van der Waals surface area contributed by atoms with Gasteiger partial charge in [-0.1, -0.05) is 0 Å². The van der Waals surface area contributed by atoms with Gasteiger partial charge in [0.2, 0.25) is 5.95 Å². The number of rotatable bonds is 2. The number of alkyl halides is 3. The molecule has 2 heterocycles. The lowest BCUT2D eigenvalue weighted by atomic mass is 10.1. The predicted octanol–water partition coefficient (Wildman–Crippen LogP) is 2.22. The summed E-state index contributed by atoms with van der Waals surface area (Å²) in [7, 11) is 1.62. The monoisotopic (exact) mass is 325 g/mol. The topological polar surface area (TPSA) is 99.1 Å². The van der Waals surface area contributed by atoms with Crippen LogP contribution in [0.1, 0.15) is 0 Å². The van der Waals surface area contributed by atoms with Gasteiger partial charge < -0.3 is 15.6 Å². The largest absolute Gasteiger partial charge is 0.573 e. The zero-order chi connectivity index (χ0) is 16.8. The number of nitrogen functional groups attached to an aromatic ring is 1. The molecule has 7 nitrogen and oxygen atoms in total. The van der Waals surface area contributed by atoms with Crippen LogP contribution >= 0.6 is 0 Å². The normalized spacial score (nSPS) is 11.8. The molecule has 0 spiro atoms. The third-order valence-corrected chi connectivity index (χ3v) is 3.06. The van der Waals surface area contributed by atoms with Gasteiger partial charge in [-0.3, -0.25) is 0 Å². The number of halogens is 3. The van der Waals surface area contributed by atoms with Crippen molar-refractivity contribution < 1.29 is 23.0 Å². The van der Waals surface area contributed by atoms with Crippen LogP contribution in [0.25, 0.3) is 22.3 Å². The second-order valence-electron chi connectivity index (χ2n) is 4.66. The number of anilines is 1. The molecule has 0 unspecified atom stereocenters. The molecule has 0 saturated heterocycles. The van der Waals surface area contributed by atoms with Crippen LogP contribution in [0.3, 0.4) is 0 Å². The van der Waals surface area contributed by atoms with Gasteiger partial charge in [0.25, 0.3) is 0 Å². The molecule has 3 aromatic rings. The SMILES string of the molecule is Cn1nc(-c2ccc(OC(F)(F)F)cc2O)c2cnc(N)nc21. The van der Waals surface area contributed by atoms with Crippen LogP contribution in [0.15, 0.2) is 24.4 Å². The van der Waals surface area contributed by atoms with Crippen molar-refractivity contribution >= 4 is 17.0 Å². The minimum Gasteiger partial charge on any atom is -0.507 e. The fourth-order valence-electron chi connectivity index (χ4n) is 2.16. The van der Waals surface area contributed by atoms with E-state index in [1.165, 1.54) is 16.9 Å². The average Bonchev–Trinajstić information content (AvgIpc) is 2.74. The van der Waals surface area contributed by atoms with Crippen molar-refractivity contribution in [3.05, 3.63) is 24.4 Å². The Hall–Kier alpha value is -3.04. The van der Waals surface area contributed by atoms with Crippen LogP contribution < -0.4 is 10.5 Å². The molecule has 0 bridgehead atoms. The molecule has 3 rings (SSSR count). The van der Waals surface area contributed by atoms with Gasteiger partial charge in [-0.15, -0.1) is 13.2 Å². The molecule has 23 heavy (non-hydrogen) atoms. The number of aromatic nitrogens is 4. The van der Waals surface area contributed by atoms with Gasteiger partial charge in [0.15, 0.2) is 5.65 Å². The van der Waals surface area contributed by atoms with Crippen LogP contribution in [-0.2, 0) is 7.05 Å². The third kappa shape index (κ3) is 2.82. The number of hydrogen-bond donors (Lipinski definition) is 2. The zero-order valence-corrected chi connectivity index (χ0v) is 11.7. The first-order valence-electron chi connectivity index (χ1n) is 6.29. The molecule has 3 N–H and O–H groups in total. The zero-order valence-electron chi connectivity index (χ0n) is 11.7. The Kier molecular flexibility index (Phi) is 3.24. The van der Waals surface area contributed by atoms with E-state index in [9.17, 15) is 18.3 Å². The lowest BCUT2D eigenvalue weighted by Crippen LogP contribution is -2.17. The van der Waals surface area contributed by atoms with E-state index in [1.54, 1.807) is 7.05 Å². The summed E-state index contributed by atoms with van der Waals surface area (Å²) in [5.74, 6) is -0.881. The van der Waals surface area contributed by atoms with E-state index in [2.05, 4.69) is 19.8 Å². The predicted molar refractivity (Wildman–Crippen MR) is 74.5 cm³/mol. The number of phenolic OH excluding ortho intramolecular Hbond substituents is 1. The van der Waals surface area contributed by atoms with Crippen molar-refractivity contribution in [1.29, 1.82) is 0 Å². The average molecular weight is 325 g/mol. The van der Waals surface area contributed by atoms with Crippen LogP contribution in [0.5, 0.6) is 11.5 Å². The van der Waals surface area contributed by atoms with Gasteiger partial charge in [0, 0.05) is 24.9 Å². The van der Waals surface area contributed by atoms with Gasteiger partial charge in [0.1, 0.15) is 17.2 Å². The van der Waals surface area contributed by atoms with Gasteiger partial charge in [0.05, 0.1) is 5.39 Å². The van der Waals surface area contributed by atoms with Gasteiger partial charge >= 0.3 is 6.36 Å². The maximum atomic E-state index is 12.2. The van der Waals surface area contributed by atoms with Crippen molar-refractivity contribution in [2.24, 2.45) is 7.05 Å². The summed E-state index contributed by atoms with van der Waals surface area (Å²) >= 11 is 0. The lowest BCUT2D eigenvalue weighted by molar-refractivity contribution is -0.274. The van der Waals surface area contributed by atoms with Gasteiger partial charge in [-0.05, 0) is 12.1 Å². The molecule has 0 aliphatic carbocycles. The number of benzene rings is 1. The fourth-order valence-corrected chi connectivity index (χ4v) is 2.16. The quantitative estimate of drug-likeness (QED) is 0.749. The number of aryl methyl sites for hydroxylation is 1. The molecule has 0 fully saturated rings. The van der Waals surface area contributed by atoms with E-state index in [1.807, 2.05) is 0 Å². The van der Waals surface area contributed by atoms with Gasteiger partial charge in [-0.2, -0.15) is 10.1 Å². The van der Waals surface area contributed by atoms with Crippen molar-refractivity contribution in [2.45, 2.75) is 6.36 Å². The minimum atomic E-state index is -4.84. The van der Waals surface area contributed by atoms with E-state index < -0.39 is 17.9 Å². The van der Waals surface area contributed by atoms with Crippen molar-refractivity contribution in [3.63, 3.8) is 0 Å². The molecule has 2 aromatic heterocycles. The Labute approximate surface area is 127 Å². The summed E-state index contributed by atoms with van der Waals surface area (Å²) in [6.45, 7) is 0. The standard InChI is InChI=1S/C13H10F3N5O2/c1-21-11-8(5-18-12(17)19-11)10(20-21)7-3-2-6(4-9(7)22)23-13(14,15)16/h2-5,22H,1H3,(H2,17,18,19). The summed E-state index contributed by atoms with van der Waals surface area (Å²) in [6, 6.07) is 3.22. The van der Waals surface area contributed by atoms with Crippen LogP contribution in [-0.4, -0.2) is 31.2 Å². The Morgan fingerprint density at radius 2 is 2.04 bits per heavy atom. The molecular formula is C13H10F3N5O2. The number of fused-ring (bicyclic) bond motifs is 1. The van der Waals surface area contributed by atoms with Crippen molar-refractivity contribution in [3.8, 4) is 22.8 Å². The number of hydrogen-bond acceptors (Lipinski definition) is 6. The van der Waals surface area contributed by atoms with Crippen LogP contribution in [0, 0.1) is 0 Å². The van der Waals surface area contributed by atoms with Crippen LogP contribution in [0.2, 0.25) is 0 Å². The fraction of sp³-hybridized carbons (Fsp3) is 0.154. The molecular weight excluding hydrogens is 315 g/mol. The van der Waals surface area contributed by atoms with E-state index in [0.29, 0.717) is 16.7 Å². The van der Waals surface area contributed by atoms with Gasteiger partial charge in [-0.25, -0.2) is 9.67 Å². The highest BCUT2D eigenvalue weighted by Crippen LogP contribution is 2.36. The van der Waals surface area contributed by atoms with E-state index in [4.69, 9.17) is 5.73 Å². The second-order valence-corrected chi connectivity index (χ2v) is 4.66. The van der Waals surface area contributed by atoms with E-state index in [-0.39, 0.29) is 11.5 Å². The molecule has 0 amide bonds. The van der Waals surface area contributed by atoms with Crippen LogP contribution in [0.4, 0.5) is 19.1 Å². The molecule has 1 aromatic carbocycles. The Bertz CT molecular complexity index is 891. The molecule has 0 atom stereocenters. The maximum Gasteiger partial charge on any atom is 0.573 e. The Morgan fingerprint density at radius 3 is 2.70 bits per heavy atom. The highest BCUT2D eigenvalue weighted by Gasteiger charge is 2.31. The molecule has 10 heteroatoms. The number of nitrogens with zero attached hydrogens (tertiary/aromatic N) is 4. The van der Waals surface area contributed by atoms with E-state index in [0.717, 1.165) is 12.1 Å². The molecule has 0 saturated carbocycles. The first-order chi connectivity index (χ1) is 10.7. The highest BCUT2D eigenvalue weighted by atomic mass is 19.4. The first-order valence-corrected chi connectivity index (χ1v) is 6.29. The Balaban J connectivity index is 2.09. The maximum absolute atomic E-state index is 12.2. The number of phenols is 1. The molecule has 120 valence electrons. The summed E-state index contributed by atoms with van der Waals surface area (Å²) in [5, 5.41) is 14.7. The second kappa shape index (κ2) is 5.00. The molecule has 0 aliphatic heterocycles. The van der Waals surface area contributed by atoms with E-state index >= 15 is 0 Å². The smallest absolute Gasteiger partial charge is 0.507 e. The summed E-state index contributed by atoms with van der Waals surface area (Å²) in [5.41, 5.74) is 6.49. The third-order valence-electron chi connectivity index (χ3n) is 3.06. The number of nitrogens with two attached hydrogens (primary N) is 1. The number of ether oxygens (including phenoxy) is 1. The summed E-state index contributed by atoms with van der Waals surface area (Å²) in [6.07, 6.45) is -3.41. The molecule has 0 aliphatic rings. The highest BCUT2D eigenvalue weighted by molar-refractivity contribution is 5.92. The summed E-state index contributed by atoms with van der Waals surface area (Å²) in [4.78, 5) is 7.89. The van der Waals surface area contributed by atoms with Crippen molar-refractivity contribution in [1.82, 2.24) is 19.7 Å². The first kappa shape index (κ1) is 14.9. The lowest BCUT2D eigenvalue weighted by Gasteiger charge is -2.10. The summed E-state index contributed by atoms with van der Waals surface area (Å²) < 4.78 is 41.8.